The summed E-state index contributed by atoms with van der Waals surface area (Å²) in [7, 11) is -3.29. The van der Waals surface area contributed by atoms with Crippen molar-refractivity contribution in [2.45, 2.75) is 11.8 Å². The van der Waals surface area contributed by atoms with Crippen LogP contribution in [0.1, 0.15) is 6.92 Å². The molecule has 0 fully saturated rings. The van der Waals surface area contributed by atoms with Crippen LogP contribution in [0, 0.1) is 0 Å². The molecular weight excluding hydrogens is 254 g/mol. The lowest BCUT2D eigenvalue weighted by molar-refractivity contribution is -0.141. The predicted octanol–water partition coefficient (Wildman–Crippen LogP) is 0.613. The van der Waals surface area contributed by atoms with Crippen LogP contribution >= 0.6 is 0 Å². The molecule has 0 aliphatic carbocycles. The molecule has 0 saturated heterocycles. The van der Waals surface area contributed by atoms with E-state index < -0.39 is 9.84 Å². The van der Waals surface area contributed by atoms with Crippen LogP contribution < -0.4 is 5.32 Å². The Kier molecular flexibility index (Phi) is 5.80. The van der Waals surface area contributed by atoms with E-state index in [4.69, 9.17) is 4.74 Å². The van der Waals surface area contributed by atoms with Crippen LogP contribution in [0.4, 0.5) is 0 Å². The minimum atomic E-state index is -3.29. The molecule has 0 spiro atoms. The van der Waals surface area contributed by atoms with Crippen molar-refractivity contribution in [3.8, 4) is 0 Å². The van der Waals surface area contributed by atoms with E-state index in [0.717, 1.165) is 0 Å². The maximum Gasteiger partial charge on any atom is 0.319 e. The van der Waals surface area contributed by atoms with E-state index in [1.54, 1.807) is 37.3 Å². The zero-order chi connectivity index (χ0) is 13.4. The first kappa shape index (κ1) is 14.7. The van der Waals surface area contributed by atoms with Crippen LogP contribution in [0.15, 0.2) is 35.2 Å². The highest BCUT2D eigenvalue weighted by Crippen LogP contribution is 2.08. The number of sulfone groups is 1. The van der Waals surface area contributed by atoms with Gasteiger partial charge in [-0.25, -0.2) is 8.42 Å². The van der Waals surface area contributed by atoms with Gasteiger partial charge in [-0.15, -0.1) is 0 Å². The van der Waals surface area contributed by atoms with Crippen LogP contribution in [0.2, 0.25) is 0 Å². The zero-order valence-corrected chi connectivity index (χ0v) is 11.1. The first-order valence-corrected chi connectivity index (χ1v) is 7.35. The Balaban J connectivity index is 2.37. The fourth-order valence-corrected chi connectivity index (χ4v) is 2.58. The summed E-state index contributed by atoms with van der Waals surface area (Å²) >= 11 is 0. The molecule has 0 aromatic heterocycles. The van der Waals surface area contributed by atoms with Gasteiger partial charge in [-0.05, 0) is 19.1 Å². The smallest absolute Gasteiger partial charge is 0.319 e. The van der Waals surface area contributed by atoms with Crippen molar-refractivity contribution in [1.29, 1.82) is 0 Å². The summed E-state index contributed by atoms with van der Waals surface area (Å²) in [5.41, 5.74) is 0. The topological polar surface area (TPSA) is 72.5 Å². The second-order valence-electron chi connectivity index (χ2n) is 3.61. The highest BCUT2D eigenvalue weighted by molar-refractivity contribution is 7.91. The molecule has 1 rings (SSSR count). The molecule has 0 heterocycles. The van der Waals surface area contributed by atoms with Gasteiger partial charge < -0.3 is 10.1 Å². The standard InChI is InChI=1S/C12H17NO4S/c1-2-17-12(14)10-13-8-9-18(15,16)11-6-4-3-5-7-11/h3-7,13H,2,8-10H2,1H3. The summed E-state index contributed by atoms with van der Waals surface area (Å²) in [6, 6.07) is 8.23. The van der Waals surface area contributed by atoms with Gasteiger partial charge in [0.25, 0.3) is 0 Å². The third-order valence-corrected chi connectivity index (χ3v) is 3.96. The molecule has 0 bridgehead atoms. The molecule has 5 nitrogen and oxygen atoms in total. The van der Waals surface area contributed by atoms with Crippen molar-refractivity contribution in [1.82, 2.24) is 5.32 Å². The van der Waals surface area contributed by atoms with E-state index in [9.17, 15) is 13.2 Å². The number of benzene rings is 1. The van der Waals surface area contributed by atoms with Crippen molar-refractivity contribution in [2.75, 3.05) is 25.4 Å². The molecule has 1 aromatic rings. The van der Waals surface area contributed by atoms with Crippen molar-refractivity contribution in [2.24, 2.45) is 0 Å². The second kappa shape index (κ2) is 7.13. The Bertz CT molecular complexity index is 470. The molecule has 0 aliphatic rings. The van der Waals surface area contributed by atoms with E-state index in [2.05, 4.69) is 5.32 Å². The van der Waals surface area contributed by atoms with Gasteiger partial charge in [0.15, 0.2) is 9.84 Å². The normalized spacial score (nSPS) is 11.2. The molecule has 6 heteroatoms. The maximum absolute atomic E-state index is 11.8. The first-order valence-electron chi connectivity index (χ1n) is 5.70. The summed E-state index contributed by atoms with van der Waals surface area (Å²) in [6.45, 7) is 2.29. The third-order valence-electron chi connectivity index (χ3n) is 2.22. The summed E-state index contributed by atoms with van der Waals surface area (Å²) in [5.74, 6) is -0.425. The van der Waals surface area contributed by atoms with E-state index >= 15 is 0 Å². The van der Waals surface area contributed by atoms with E-state index in [0.29, 0.717) is 11.5 Å². The molecule has 100 valence electrons. The Hall–Kier alpha value is -1.40. The second-order valence-corrected chi connectivity index (χ2v) is 5.72. The van der Waals surface area contributed by atoms with Gasteiger partial charge in [0, 0.05) is 6.54 Å². The lowest BCUT2D eigenvalue weighted by Crippen LogP contribution is -2.29. The molecule has 18 heavy (non-hydrogen) atoms. The molecule has 0 aliphatic heterocycles. The molecule has 0 saturated carbocycles. The predicted molar refractivity (Wildman–Crippen MR) is 68.0 cm³/mol. The third kappa shape index (κ3) is 4.85. The molecule has 0 atom stereocenters. The highest BCUT2D eigenvalue weighted by atomic mass is 32.2. The van der Waals surface area contributed by atoms with Crippen LogP contribution in [0.5, 0.6) is 0 Å². The van der Waals surface area contributed by atoms with E-state index in [-0.39, 0.29) is 24.8 Å². The van der Waals surface area contributed by atoms with Crippen LogP contribution in [-0.4, -0.2) is 39.8 Å². The van der Waals surface area contributed by atoms with Crippen LogP contribution in [0.3, 0.4) is 0 Å². The summed E-state index contributed by atoms with van der Waals surface area (Å²) in [6.07, 6.45) is 0. The number of carbonyl (C=O) groups is 1. The van der Waals surface area contributed by atoms with Gasteiger partial charge in [-0.2, -0.15) is 0 Å². The minimum Gasteiger partial charge on any atom is -0.465 e. The Morgan fingerprint density at radius 3 is 2.56 bits per heavy atom. The van der Waals surface area contributed by atoms with Crippen molar-refractivity contribution < 1.29 is 17.9 Å². The lowest BCUT2D eigenvalue weighted by Gasteiger charge is -2.06. The maximum atomic E-state index is 11.8. The van der Waals surface area contributed by atoms with Crippen LogP contribution in [-0.2, 0) is 19.4 Å². The lowest BCUT2D eigenvalue weighted by atomic mass is 10.4. The largest absolute Gasteiger partial charge is 0.465 e. The van der Waals surface area contributed by atoms with E-state index in [1.807, 2.05) is 0 Å². The number of hydrogen-bond donors (Lipinski definition) is 1. The number of carbonyl (C=O) groups excluding carboxylic acids is 1. The van der Waals surface area contributed by atoms with Gasteiger partial charge in [0.2, 0.25) is 0 Å². The highest BCUT2D eigenvalue weighted by Gasteiger charge is 2.13. The van der Waals surface area contributed by atoms with Gasteiger partial charge in [0.1, 0.15) is 0 Å². The summed E-state index contributed by atoms with van der Waals surface area (Å²) in [4.78, 5) is 11.3. The van der Waals surface area contributed by atoms with Gasteiger partial charge in [-0.3, -0.25) is 4.79 Å². The molecule has 1 N–H and O–H groups in total. The number of rotatable bonds is 7. The summed E-state index contributed by atoms with van der Waals surface area (Å²) < 4.78 is 28.4. The zero-order valence-electron chi connectivity index (χ0n) is 10.3. The Morgan fingerprint density at radius 1 is 1.28 bits per heavy atom. The molecule has 0 unspecified atom stereocenters. The van der Waals surface area contributed by atoms with Crippen molar-refractivity contribution >= 4 is 15.8 Å². The molecule has 1 aromatic carbocycles. The Labute approximate surface area is 107 Å². The molecular formula is C12H17NO4S. The molecule has 0 radical (unpaired) electrons. The summed E-state index contributed by atoms with van der Waals surface area (Å²) in [5, 5.41) is 2.74. The van der Waals surface area contributed by atoms with Crippen molar-refractivity contribution in [3.05, 3.63) is 30.3 Å². The number of esters is 1. The molecule has 0 amide bonds. The Morgan fingerprint density at radius 2 is 1.94 bits per heavy atom. The quantitative estimate of drug-likeness (QED) is 0.581. The van der Waals surface area contributed by atoms with E-state index in [1.165, 1.54) is 0 Å². The van der Waals surface area contributed by atoms with Gasteiger partial charge in [0.05, 0.1) is 23.8 Å². The first-order chi connectivity index (χ1) is 8.56. The van der Waals surface area contributed by atoms with Gasteiger partial charge >= 0.3 is 5.97 Å². The fourth-order valence-electron chi connectivity index (χ4n) is 1.35. The fraction of sp³-hybridized carbons (Fsp3) is 0.417. The minimum absolute atomic E-state index is 0.0259. The van der Waals surface area contributed by atoms with Crippen molar-refractivity contribution in [3.63, 3.8) is 0 Å². The SMILES string of the molecule is CCOC(=O)CNCCS(=O)(=O)c1ccccc1. The van der Waals surface area contributed by atoms with Gasteiger partial charge in [-0.1, -0.05) is 18.2 Å². The average molecular weight is 271 g/mol. The monoisotopic (exact) mass is 271 g/mol. The number of ether oxygens (including phenoxy) is 1. The average Bonchev–Trinajstić information content (AvgIpc) is 2.36. The number of nitrogens with one attached hydrogen (secondary N) is 1. The number of hydrogen-bond acceptors (Lipinski definition) is 5. The van der Waals surface area contributed by atoms with Crippen LogP contribution in [0.25, 0.3) is 0 Å².